The van der Waals surface area contributed by atoms with Gasteiger partial charge in [0.05, 0.1) is 12.1 Å². The van der Waals surface area contributed by atoms with Crippen molar-refractivity contribution in [3.63, 3.8) is 0 Å². The lowest BCUT2D eigenvalue weighted by Gasteiger charge is -2.08. The van der Waals surface area contributed by atoms with Crippen molar-refractivity contribution >= 4 is 11.6 Å². The van der Waals surface area contributed by atoms with Crippen molar-refractivity contribution in [2.45, 2.75) is 27.2 Å². The summed E-state index contributed by atoms with van der Waals surface area (Å²) in [7, 11) is 1.68. The zero-order chi connectivity index (χ0) is 15.1. The maximum atomic E-state index is 5.97. The van der Waals surface area contributed by atoms with Crippen LogP contribution in [0, 0.1) is 6.92 Å². The van der Waals surface area contributed by atoms with Crippen LogP contribution in [0.4, 0.5) is 0 Å². The fourth-order valence-electron chi connectivity index (χ4n) is 2.18. The summed E-state index contributed by atoms with van der Waals surface area (Å²) in [6.07, 6.45) is 3.65. The van der Waals surface area contributed by atoms with Crippen molar-refractivity contribution < 1.29 is 4.74 Å². The van der Waals surface area contributed by atoms with Crippen LogP contribution in [-0.4, -0.2) is 25.2 Å². The maximum Gasteiger partial charge on any atom is 0.118 e. The predicted molar refractivity (Wildman–Crippen MR) is 94.0 cm³/mol. The highest BCUT2D eigenvalue weighted by Gasteiger charge is 2.01. The van der Waals surface area contributed by atoms with E-state index in [-0.39, 0.29) is 7.43 Å². The summed E-state index contributed by atoms with van der Waals surface area (Å²) in [6.45, 7) is 3.90. The van der Waals surface area contributed by atoms with Gasteiger partial charge in [-0.25, -0.2) is 0 Å². The van der Waals surface area contributed by atoms with E-state index in [1.54, 1.807) is 13.3 Å². The first-order chi connectivity index (χ1) is 10.2. The summed E-state index contributed by atoms with van der Waals surface area (Å²) in [5.74, 6) is 0.899. The van der Waals surface area contributed by atoms with E-state index in [1.165, 1.54) is 11.1 Å². The Kier molecular flexibility index (Phi) is 7.92. The molecule has 22 heavy (non-hydrogen) atoms. The van der Waals surface area contributed by atoms with Gasteiger partial charge in [0.15, 0.2) is 0 Å². The molecular formula is C18H25ClN2O. The van der Waals surface area contributed by atoms with E-state index in [4.69, 9.17) is 16.3 Å². The van der Waals surface area contributed by atoms with E-state index >= 15 is 0 Å². The number of hydrogen-bond donors (Lipinski definition) is 1. The molecule has 0 amide bonds. The molecule has 3 nitrogen and oxygen atoms in total. The van der Waals surface area contributed by atoms with E-state index in [1.807, 2.05) is 25.1 Å². The number of hydrogen-bond acceptors (Lipinski definition) is 3. The van der Waals surface area contributed by atoms with E-state index in [0.717, 1.165) is 37.4 Å². The first kappa shape index (κ1) is 18.5. The molecular weight excluding hydrogens is 296 g/mol. The molecule has 0 aliphatic carbocycles. The van der Waals surface area contributed by atoms with E-state index in [0.29, 0.717) is 5.02 Å². The predicted octanol–water partition coefficient (Wildman–Crippen LogP) is 4.06. The molecule has 4 heteroatoms. The average Bonchev–Trinajstić information content (AvgIpc) is 2.51. The van der Waals surface area contributed by atoms with Crippen molar-refractivity contribution in [1.82, 2.24) is 10.3 Å². The molecule has 120 valence electrons. The van der Waals surface area contributed by atoms with Gasteiger partial charge < -0.3 is 10.1 Å². The fraction of sp³-hybridized carbons (Fsp3) is 0.389. The summed E-state index contributed by atoms with van der Waals surface area (Å²) in [5, 5.41) is 4.16. The Labute approximate surface area is 138 Å². The fourth-order valence-corrected chi connectivity index (χ4v) is 2.36. The number of nitrogens with one attached hydrogen (secondary N) is 1. The number of aromatic nitrogens is 1. The van der Waals surface area contributed by atoms with Gasteiger partial charge in [-0.3, -0.25) is 4.98 Å². The number of nitrogens with zero attached hydrogens (tertiary/aromatic N) is 1. The molecule has 1 aromatic carbocycles. The third-order valence-corrected chi connectivity index (χ3v) is 3.69. The molecule has 2 aromatic rings. The van der Waals surface area contributed by atoms with Crippen LogP contribution in [0.25, 0.3) is 0 Å². The highest BCUT2D eigenvalue weighted by Crippen LogP contribution is 2.13. The standard InChI is InChI=1S/C17H21ClN2O.CH4/c1-13-15(11-16(18)12-20-13)8-10-19-9-7-14-3-5-17(21-2)6-4-14;/h3-6,11-12,19H,7-10H2,1-2H3;1H4. The zero-order valence-corrected chi connectivity index (χ0v) is 13.3. The topological polar surface area (TPSA) is 34.1 Å². The molecule has 0 unspecified atom stereocenters. The number of pyridine rings is 1. The van der Waals surface area contributed by atoms with Gasteiger partial charge in [0.1, 0.15) is 5.75 Å². The third-order valence-electron chi connectivity index (χ3n) is 3.48. The quantitative estimate of drug-likeness (QED) is 0.781. The lowest BCUT2D eigenvalue weighted by Crippen LogP contribution is -2.20. The Bertz CT molecular complexity index is 570. The number of rotatable bonds is 7. The number of halogens is 1. The molecule has 0 aliphatic rings. The van der Waals surface area contributed by atoms with Gasteiger partial charge in [0, 0.05) is 11.9 Å². The van der Waals surface area contributed by atoms with Crippen molar-refractivity contribution in [2.24, 2.45) is 0 Å². The van der Waals surface area contributed by atoms with Gasteiger partial charge in [0.2, 0.25) is 0 Å². The number of aryl methyl sites for hydroxylation is 1. The van der Waals surface area contributed by atoms with Crippen LogP contribution in [-0.2, 0) is 12.8 Å². The average molecular weight is 321 g/mol. The highest BCUT2D eigenvalue weighted by atomic mass is 35.5. The van der Waals surface area contributed by atoms with Crippen molar-refractivity contribution in [1.29, 1.82) is 0 Å². The van der Waals surface area contributed by atoms with Crippen LogP contribution in [0.2, 0.25) is 5.02 Å². The number of benzene rings is 1. The molecule has 1 aromatic heterocycles. The molecule has 0 aliphatic heterocycles. The highest BCUT2D eigenvalue weighted by molar-refractivity contribution is 6.30. The molecule has 0 saturated heterocycles. The zero-order valence-electron chi connectivity index (χ0n) is 12.5. The summed E-state index contributed by atoms with van der Waals surface area (Å²) in [5.41, 5.74) is 3.57. The molecule has 1 N–H and O–H groups in total. The summed E-state index contributed by atoms with van der Waals surface area (Å²) in [4.78, 5) is 4.27. The second-order valence-electron chi connectivity index (χ2n) is 5.00. The Morgan fingerprint density at radius 2 is 1.82 bits per heavy atom. The summed E-state index contributed by atoms with van der Waals surface area (Å²) >= 11 is 5.97. The molecule has 2 rings (SSSR count). The molecule has 0 spiro atoms. The summed E-state index contributed by atoms with van der Waals surface area (Å²) in [6, 6.07) is 10.2. The van der Waals surface area contributed by atoms with Crippen molar-refractivity contribution in [3.05, 3.63) is 58.4 Å². The first-order valence-electron chi connectivity index (χ1n) is 7.13. The lowest BCUT2D eigenvalue weighted by atomic mass is 10.1. The molecule has 0 bridgehead atoms. The molecule has 1 heterocycles. The van der Waals surface area contributed by atoms with Crippen molar-refractivity contribution in [3.8, 4) is 5.75 Å². The SMILES string of the molecule is C.COc1ccc(CCNCCc2cc(Cl)cnc2C)cc1. The van der Waals surface area contributed by atoms with Crippen LogP contribution in [0.15, 0.2) is 36.5 Å². The van der Waals surface area contributed by atoms with Crippen LogP contribution < -0.4 is 10.1 Å². The Balaban J connectivity index is 0.00000242. The van der Waals surface area contributed by atoms with Crippen LogP contribution in [0.1, 0.15) is 24.2 Å². The molecule has 0 atom stereocenters. The molecule has 0 saturated carbocycles. The minimum Gasteiger partial charge on any atom is -0.497 e. The van der Waals surface area contributed by atoms with E-state index in [2.05, 4.69) is 22.4 Å². The van der Waals surface area contributed by atoms with Gasteiger partial charge >= 0.3 is 0 Å². The van der Waals surface area contributed by atoms with Gasteiger partial charge in [-0.1, -0.05) is 31.2 Å². The van der Waals surface area contributed by atoms with E-state index in [9.17, 15) is 0 Å². The monoisotopic (exact) mass is 320 g/mol. The van der Waals surface area contributed by atoms with Gasteiger partial charge in [-0.15, -0.1) is 0 Å². The van der Waals surface area contributed by atoms with Gasteiger partial charge in [-0.2, -0.15) is 0 Å². The minimum atomic E-state index is 0. The normalized spacial score (nSPS) is 10.1. The lowest BCUT2D eigenvalue weighted by molar-refractivity contribution is 0.414. The summed E-state index contributed by atoms with van der Waals surface area (Å²) < 4.78 is 5.15. The van der Waals surface area contributed by atoms with E-state index < -0.39 is 0 Å². The maximum absolute atomic E-state index is 5.97. The van der Waals surface area contributed by atoms with Crippen LogP contribution >= 0.6 is 11.6 Å². The smallest absolute Gasteiger partial charge is 0.118 e. The molecule has 0 fully saturated rings. The third kappa shape index (κ3) is 5.66. The van der Waals surface area contributed by atoms with Crippen LogP contribution in [0.5, 0.6) is 5.75 Å². The number of methoxy groups -OCH3 is 1. The largest absolute Gasteiger partial charge is 0.497 e. The van der Waals surface area contributed by atoms with Crippen molar-refractivity contribution in [2.75, 3.05) is 20.2 Å². The number of ether oxygens (including phenoxy) is 1. The minimum absolute atomic E-state index is 0. The van der Waals surface area contributed by atoms with Gasteiger partial charge in [0.25, 0.3) is 0 Å². The Morgan fingerprint density at radius 3 is 2.50 bits per heavy atom. The first-order valence-corrected chi connectivity index (χ1v) is 7.51. The van der Waals surface area contributed by atoms with Gasteiger partial charge in [-0.05, 0) is 62.2 Å². The molecule has 0 radical (unpaired) electrons. The second kappa shape index (κ2) is 9.44. The Morgan fingerprint density at radius 1 is 1.14 bits per heavy atom. The van der Waals surface area contributed by atoms with Crippen LogP contribution in [0.3, 0.4) is 0 Å². The Hall–Kier alpha value is -1.58. The second-order valence-corrected chi connectivity index (χ2v) is 5.43.